The van der Waals surface area contributed by atoms with Gasteiger partial charge in [0.1, 0.15) is 0 Å². The van der Waals surface area contributed by atoms with Gasteiger partial charge in [-0.2, -0.15) is 0 Å². The van der Waals surface area contributed by atoms with Crippen molar-refractivity contribution in [3.8, 4) is 0 Å². The van der Waals surface area contributed by atoms with Gasteiger partial charge < -0.3 is 15.5 Å². The number of aryl methyl sites for hydroxylation is 1. The summed E-state index contributed by atoms with van der Waals surface area (Å²) in [6.07, 6.45) is 3.99. The average Bonchev–Trinajstić information content (AvgIpc) is 2.69. The van der Waals surface area contributed by atoms with Gasteiger partial charge in [0.05, 0.1) is 0 Å². The number of amides is 2. The minimum Gasteiger partial charge on any atom is -0.352 e. The van der Waals surface area contributed by atoms with E-state index in [0.717, 1.165) is 38.8 Å². The highest BCUT2D eigenvalue weighted by Crippen LogP contribution is 2.20. The van der Waals surface area contributed by atoms with Crippen molar-refractivity contribution in [2.45, 2.75) is 45.1 Å². The largest absolute Gasteiger partial charge is 0.352 e. The smallest absolute Gasteiger partial charge is 0.223 e. The summed E-state index contributed by atoms with van der Waals surface area (Å²) in [5.41, 5.74) is 1.20. The molecule has 5 heteroatoms. The first-order valence-electron chi connectivity index (χ1n) is 9.96. The van der Waals surface area contributed by atoms with Crippen LogP contribution in [0.2, 0.25) is 0 Å². The van der Waals surface area contributed by atoms with E-state index in [9.17, 15) is 9.59 Å². The van der Waals surface area contributed by atoms with Crippen molar-refractivity contribution in [1.29, 1.82) is 0 Å². The molecule has 2 aliphatic rings. The Morgan fingerprint density at radius 1 is 1.15 bits per heavy atom. The molecule has 1 aromatic carbocycles. The number of benzene rings is 1. The molecular formula is C21H31N3O2. The second kappa shape index (κ2) is 9.17. The average molecular weight is 357 g/mol. The second-order valence-corrected chi connectivity index (χ2v) is 7.73. The highest BCUT2D eigenvalue weighted by atomic mass is 16.2. The van der Waals surface area contributed by atoms with Gasteiger partial charge in [0, 0.05) is 38.0 Å². The standard InChI is InChI=1S/C21H31N3O2/c1-16-9-12-22-15-19(16)23-21(26)18-10-13-24(14-11-18)20(25)8-7-17-5-3-2-4-6-17/h2-6,16,18-19,22H,7-15H2,1H3,(H,23,26). The molecule has 3 rings (SSSR count). The number of nitrogens with one attached hydrogen (secondary N) is 2. The maximum Gasteiger partial charge on any atom is 0.223 e. The molecule has 0 spiro atoms. The number of rotatable bonds is 5. The lowest BCUT2D eigenvalue weighted by atomic mass is 9.91. The van der Waals surface area contributed by atoms with Gasteiger partial charge in [-0.05, 0) is 43.7 Å². The van der Waals surface area contributed by atoms with Crippen molar-refractivity contribution in [1.82, 2.24) is 15.5 Å². The molecule has 2 atom stereocenters. The van der Waals surface area contributed by atoms with Crippen LogP contribution in [-0.2, 0) is 16.0 Å². The molecule has 0 radical (unpaired) electrons. The molecule has 26 heavy (non-hydrogen) atoms. The fourth-order valence-electron chi connectivity index (χ4n) is 3.93. The van der Waals surface area contributed by atoms with Gasteiger partial charge in [-0.1, -0.05) is 37.3 Å². The maximum absolute atomic E-state index is 12.6. The van der Waals surface area contributed by atoms with Crippen molar-refractivity contribution in [3.05, 3.63) is 35.9 Å². The molecule has 142 valence electrons. The van der Waals surface area contributed by atoms with Crippen molar-refractivity contribution in [2.75, 3.05) is 26.2 Å². The monoisotopic (exact) mass is 357 g/mol. The van der Waals surface area contributed by atoms with Crippen molar-refractivity contribution in [2.24, 2.45) is 11.8 Å². The first-order chi connectivity index (χ1) is 12.6. The van der Waals surface area contributed by atoms with Gasteiger partial charge in [0.25, 0.3) is 0 Å². The lowest BCUT2D eigenvalue weighted by Gasteiger charge is -2.34. The predicted octanol–water partition coefficient (Wildman–Crippen LogP) is 1.97. The van der Waals surface area contributed by atoms with Gasteiger partial charge in [0.15, 0.2) is 0 Å². The minimum absolute atomic E-state index is 0.0438. The third-order valence-electron chi connectivity index (χ3n) is 5.84. The number of likely N-dealkylation sites (tertiary alicyclic amines) is 1. The molecule has 2 amide bonds. The van der Waals surface area contributed by atoms with Crippen LogP contribution in [0.3, 0.4) is 0 Å². The molecular weight excluding hydrogens is 326 g/mol. The highest BCUT2D eigenvalue weighted by Gasteiger charge is 2.30. The Labute approximate surface area is 156 Å². The zero-order chi connectivity index (χ0) is 18.4. The highest BCUT2D eigenvalue weighted by molar-refractivity contribution is 5.80. The van der Waals surface area contributed by atoms with Gasteiger partial charge in [-0.3, -0.25) is 9.59 Å². The first-order valence-corrected chi connectivity index (χ1v) is 9.96. The van der Waals surface area contributed by atoms with E-state index in [-0.39, 0.29) is 23.8 Å². The van der Waals surface area contributed by atoms with Gasteiger partial charge >= 0.3 is 0 Å². The van der Waals surface area contributed by atoms with Crippen LogP contribution in [0.25, 0.3) is 0 Å². The number of hydrogen-bond acceptors (Lipinski definition) is 3. The Kier molecular flexibility index (Phi) is 6.67. The molecule has 2 heterocycles. The number of carbonyl (C=O) groups excluding carboxylic acids is 2. The second-order valence-electron chi connectivity index (χ2n) is 7.73. The summed E-state index contributed by atoms with van der Waals surface area (Å²) in [6.45, 7) is 5.51. The number of piperidine rings is 2. The third kappa shape index (κ3) is 5.07. The Bertz CT molecular complexity index is 597. The molecule has 0 bridgehead atoms. The Morgan fingerprint density at radius 2 is 1.88 bits per heavy atom. The fraction of sp³-hybridized carbons (Fsp3) is 0.619. The lowest BCUT2D eigenvalue weighted by Crippen LogP contribution is -2.52. The van der Waals surface area contributed by atoms with Crippen molar-refractivity contribution < 1.29 is 9.59 Å². The molecule has 2 fully saturated rings. The molecule has 5 nitrogen and oxygen atoms in total. The van der Waals surface area contributed by atoms with E-state index in [2.05, 4.69) is 29.7 Å². The summed E-state index contributed by atoms with van der Waals surface area (Å²) in [6, 6.07) is 10.4. The zero-order valence-electron chi connectivity index (χ0n) is 15.7. The molecule has 0 saturated carbocycles. The molecule has 2 saturated heterocycles. The Hall–Kier alpha value is -1.88. The number of carbonyl (C=O) groups is 2. The summed E-state index contributed by atoms with van der Waals surface area (Å²) in [5, 5.41) is 6.58. The SMILES string of the molecule is CC1CCNCC1NC(=O)C1CCN(C(=O)CCc2ccccc2)CC1. The predicted molar refractivity (Wildman–Crippen MR) is 103 cm³/mol. The van der Waals surface area contributed by atoms with Crippen molar-refractivity contribution >= 4 is 11.8 Å². The van der Waals surface area contributed by atoms with Crippen LogP contribution >= 0.6 is 0 Å². The summed E-state index contributed by atoms with van der Waals surface area (Å²) < 4.78 is 0. The fourth-order valence-corrected chi connectivity index (χ4v) is 3.93. The molecule has 1 aromatic rings. The summed E-state index contributed by atoms with van der Waals surface area (Å²) in [7, 11) is 0. The Balaban J connectivity index is 1.40. The van der Waals surface area contributed by atoms with Crippen LogP contribution in [0.5, 0.6) is 0 Å². The van der Waals surface area contributed by atoms with E-state index in [4.69, 9.17) is 0 Å². The van der Waals surface area contributed by atoms with E-state index in [1.807, 2.05) is 23.1 Å². The normalized spacial score (nSPS) is 24.3. The third-order valence-corrected chi connectivity index (χ3v) is 5.84. The van der Waals surface area contributed by atoms with E-state index in [1.54, 1.807) is 0 Å². The van der Waals surface area contributed by atoms with Crippen LogP contribution < -0.4 is 10.6 Å². The molecule has 2 aliphatic heterocycles. The maximum atomic E-state index is 12.6. The summed E-state index contributed by atoms with van der Waals surface area (Å²) >= 11 is 0. The molecule has 2 N–H and O–H groups in total. The topological polar surface area (TPSA) is 61.4 Å². The minimum atomic E-state index is 0.0438. The van der Waals surface area contributed by atoms with Gasteiger partial charge in [-0.25, -0.2) is 0 Å². The van der Waals surface area contributed by atoms with E-state index >= 15 is 0 Å². The Morgan fingerprint density at radius 3 is 2.58 bits per heavy atom. The van der Waals surface area contributed by atoms with Crippen LogP contribution in [0.1, 0.15) is 38.2 Å². The van der Waals surface area contributed by atoms with Crippen LogP contribution in [0, 0.1) is 11.8 Å². The molecule has 2 unspecified atom stereocenters. The summed E-state index contributed by atoms with van der Waals surface area (Å²) in [5.74, 6) is 0.946. The van der Waals surface area contributed by atoms with E-state index in [0.29, 0.717) is 25.4 Å². The zero-order valence-corrected chi connectivity index (χ0v) is 15.7. The van der Waals surface area contributed by atoms with Gasteiger partial charge in [-0.15, -0.1) is 0 Å². The number of nitrogens with zero attached hydrogens (tertiary/aromatic N) is 1. The number of hydrogen-bond donors (Lipinski definition) is 2. The molecule has 0 aliphatic carbocycles. The summed E-state index contributed by atoms with van der Waals surface area (Å²) in [4.78, 5) is 26.9. The van der Waals surface area contributed by atoms with E-state index in [1.165, 1.54) is 5.56 Å². The lowest BCUT2D eigenvalue weighted by molar-refractivity contribution is -0.136. The van der Waals surface area contributed by atoms with Crippen LogP contribution in [0.15, 0.2) is 30.3 Å². The van der Waals surface area contributed by atoms with Crippen molar-refractivity contribution in [3.63, 3.8) is 0 Å². The molecule has 0 aromatic heterocycles. The van der Waals surface area contributed by atoms with E-state index < -0.39 is 0 Å². The quantitative estimate of drug-likeness (QED) is 0.847. The first kappa shape index (κ1) is 18.9. The van der Waals surface area contributed by atoms with Crippen LogP contribution in [0.4, 0.5) is 0 Å². The van der Waals surface area contributed by atoms with Gasteiger partial charge in [0.2, 0.25) is 11.8 Å². The van der Waals surface area contributed by atoms with Crippen LogP contribution in [-0.4, -0.2) is 48.9 Å².